The van der Waals surface area contributed by atoms with E-state index in [-0.39, 0.29) is 18.3 Å². The van der Waals surface area contributed by atoms with E-state index >= 15 is 0 Å². The molecule has 0 bridgehead atoms. The van der Waals surface area contributed by atoms with Gasteiger partial charge in [0.1, 0.15) is 0 Å². The van der Waals surface area contributed by atoms with E-state index in [2.05, 4.69) is 34.3 Å². The van der Waals surface area contributed by atoms with Gasteiger partial charge in [-0.15, -0.1) is 12.4 Å². The molecular formula is C19H20ClN3O. The standard InChI is InChI=1S/C19H19N3O.ClH/c23-19-17-11-12-21(13-15-7-3-1-4-8-15)14-18(17)20-22(19)16-9-5-2-6-10-16;/h1-10,23H,11-14H2;1H. The molecule has 0 aliphatic carbocycles. The largest absolute Gasteiger partial charge is 0.493 e. The lowest BCUT2D eigenvalue weighted by Crippen LogP contribution is -2.29. The third-order valence-electron chi connectivity index (χ3n) is 4.34. The fourth-order valence-electron chi connectivity index (χ4n) is 3.16. The van der Waals surface area contributed by atoms with E-state index in [1.807, 2.05) is 36.4 Å². The third kappa shape index (κ3) is 3.16. The Bertz CT molecular complexity index is 802. The number of aromatic hydroxyl groups is 1. The van der Waals surface area contributed by atoms with Crippen molar-refractivity contribution in [1.82, 2.24) is 14.7 Å². The lowest BCUT2D eigenvalue weighted by molar-refractivity contribution is 0.241. The fourth-order valence-corrected chi connectivity index (χ4v) is 3.16. The highest BCUT2D eigenvalue weighted by Crippen LogP contribution is 2.29. The molecule has 1 aliphatic heterocycles. The van der Waals surface area contributed by atoms with Crippen molar-refractivity contribution in [2.45, 2.75) is 19.5 Å². The van der Waals surface area contributed by atoms with Crippen molar-refractivity contribution >= 4 is 12.4 Å². The van der Waals surface area contributed by atoms with Gasteiger partial charge in [-0.1, -0.05) is 48.5 Å². The molecule has 24 heavy (non-hydrogen) atoms. The Labute approximate surface area is 147 Å². The highest BCUT2D eigenvalue weighted by molar-refractivity contribution is 5.85. The van der Waals surface area contributed by atoms with Gasteiger partial charge in [0.05, 0.1) is 11.4 Å². The second-order valence-corrected chi connectivity index (χ2v) is 5.94. The van der Waals surface area contributed by atoms with Crippen molar-refractivity contribution in [3.8, 4) is 11.6 Å². The normalized spacial score (nSPS) is 14.0. The first-order chi connectivity index (χ1) is 11.3. The third-order valence-corrected chi connectivity index (χ3v) is 4.34. The van der Waals surface area contributed by atoms with Crippen LogP contribution in [0.2, 0.25) is 0 Å². The molecule has 0 atom stereocenters. The van der Waals surface area contributed by atoms with Crippen molar-refractivity contribution in [3.05, 3.63) is 77.5 Å². The van der Waals surface area contributed by atoms with Gasteiger partial charge in [-0.25, -0.2) is 4.68 Å². The maximum absolute atomic E-state index is 10.5. The van der Waals surface area contributed by atoms with Gasteiger partial charge in [-0.05, 0) is 24.1 Å². The first kappa shape index (κ1) is 16.6. The molecule has 0 unspecified atom stereocenters. The van der Waals surface area contributed by atoms with Gasteiger partial charge in [0.25, 0.3) is 0 Å². The number of para-hydroxylation sites is 1. The van der Waals surface area contributed by atoms with E-state index in [9.17, 15) is 5.11 Å². The number of rotatable bonds is 3. The highest BCUT2D eigenvalue weighted by Gasteiger charge is 2.24. The van der Waals surface area contributed by atoms with Crippen LogP contribution in [-0.2, 0) is 19.5 Å². The summed E-state index contributed by atoms with van der Waals surface area (Å²) in [5, 5.41) is 15.1. The van der Waals surface area contributed by atoms with E-state index in [1.54, 1.807) is 4.68 Å². The molecule has 4 rings (SSSR count). The zero-order chi connectivity index (χ0) is 15.6. The number of hydrogen-bond donors (Lipinski definition) is 1. The molecule has 1 N–H and O–H groups in total. The number of hydrogen-bond acceptors (Lipinski definition) is 3. The Morgan fingerprint density at radius 2 is 1.62 bits per heavy atom. The summed E-state index contributed by atoms with van der Waals surface area (Å²) in [6, 6.07) is 20.3. The SMILES string of the molecule is Cl.Oc1c2c(nn1-c1ccccc1)CN(Cc1ccccc1)CC2. The Kier molecular flexibility index (Phi) is 4.88. The Morgan fingerprint density at radius 1 is 0.958 bits per heavy atom. The molecule has 0 amide bonds. The summed E-state index contributed by atoms with van der Waals surface area (Å²) < 4.78 is 1.65. The predicted octanol–water partition coefficient (Wildman–Crippen LogP) is 3.56. The molecule has 4 nitrogen and oxygen atoms in total. The van der Waals surface area contributed by atoms with Gasteiger partial charge >= 0.3 is 0 Å². The zero-order valence-electron chi connectivity index (χ0n) is 13.3. The average molecular weight is 342 g/mol. The quantitative estimate of drug-likeness (QED) is 0.792. The Morgan fingerprint density at radius 3 is 2.33 bits per heavy atom. The number of benzene rings is 2. The number of halogens is 1. The Hall–Kier alpha value is -2.30. The average Bonchev–Trinajstić information content (AvgIpc) is 2.93. The van der Waals surface area contributed by atoms with Crippen LogP contribution in [0.1, 0.15) is 16.8 Å². The molecule has 0 radical (unpaired) electrons. The number of nitrogens with zero attached hydrogens (tertiary/aromatic N) is 3. The summed E-state index contributed by atoms with van der Waals surface area (Å²) in [7, 11) is 0. The summed E-state index contributed by atoms with van der Waals surface area (Å²) in [5.74, 6) is 0.283. The van der Waals surface area contributed by atoms with Gasteiger partial charge in [0.15, 0.2) is 0 Å². The molecule has 0 saturated heterocycles. The van der Waals surface area contributed by atoms with Gasteiger partial charge in [0.2, 0.25) is 5.88 Å². The maximum Gasteiger partial charge on any atom is 0.217 e. The van der Waals surface area contributed by atoms with Crippen LogP contribution < -0.4 is 0 Å². The van der Waals surface area contributed by atoms with Crippen LogP contribution in [0.15, 0.2) is 60.7 Å². The van der Waals surface area contributed by atoms with Crippen molar-refractivity contribution in [3.63, 3.8) is 0 Å². The number of fused-ring (bicyclic) bond motifs is 1. The predicted molar refractivity (Wildman–Crippen MR) is 96.7 cm³/mol. The van der Waals surface area contributed by atoms with Crippen LogP contribution >= 0.6 is 12.4 Å². The van der Waals surface area contributed by atoms with Crippen molar-refractivity contribution in [1.29, 1.82) is 0 Å². The fraction of sp³-hybridized carbons (Fsp3) is 0.211. The minimum atomic E-state index is 0. The van der Waals surface area contributed by atoms with Crippen molar-refractivity contribution in [2.75, 3.05) is 6.54 Å². The molecule has 5 heteroatoms. The van der Waals surface area contributed by atoms with E-state index in [1.165, 1.54) is 5.56 Å². The van der Waals surface area contributed by atoms with E-state index in [0.717, 1.165) is 43.0 Å². The molecule has 0 spiro atoms. The second-order valence-electron chi connectivity index (χ2n) is 5.94. The van der Waals surface area contributed by atoms with Gasteiger partial charge in [-0.2, -0.15) is 5.10 Å². The van der Waals surface area contributed by atoms with Crippen LogP contribution in [0.4, 0.5) is 0 Å². The van der Waals surface area contributed by atoms with Crippen LogP contribution in [0.3, 0.4) is 0 Å². The lowest BCUT2D eigenvalue weighted by atomic mass is 10.1. The van der Waals surface area contributed by atoms with Gasteiger partial charge in [0, 0.05) is 25.2 Å². The summed E-state index contributed by atoms with van der Waals surface area (Å²) in [4.78, 5) is 2.37. The molecule has 3 aromatic rings. The second kappa shape index (κ2) is 7.07. The minimum Gasteiger partial charge on any atom is -0.493 e. The van der Waals surface area contributed by atoms with Crippen LogP contribution in [-0.4, -0.2) is 26.3 Å². The minimum absolute atomic E-state index is 0. The zero-order valence-corrected chi connectivity index (χ0v) is 14.1. The number of aromatic nitrogens is 2. The monoisotopic (exact) mass is 341 g/mol. The summed E-state index contributed by atoms with van der Waals surface area (Å²) >= 11 is 0. The summed E-state index contributed by atoms with van der Waals surface area (Å²) in [6.45, 7) is 2.63. The van der Waals surface area contributed by atoms with E-state index < -0.39 is 0 Å². The summed E-state index contributed by atoms with van der Waals surface area (Å²) in [6.07, 6.45) is 0.834. The van der Waals surface area contributed by atoms with Gasteiger partial charge in [-0.3, -0.25) is 4.90 Å². The molecular weight excluding hydrogens is 322 g/mol. The van der Waals surface area contributed by atoms with Crippen molar-refractivity contribution < 1.29 is 5.11 Å². The highest BCUT2D eigenvalue weighted by atomic mass is 35.5. The van der Waals surface area contributed by atoms with Gasteiger partial charge < -0.3 is 5.11 Å². The lowest BCUT2D eigenvalue weighted by Gasteiger charge is -2.25. The molecule has 0 saturated carbocycles. The van der Waals surface area contributed by atoms with Crippen LogP contribution in [0, 0.1) is 0 Å². The van der Waals surface area contributed by atoms with Crippen molar-refractivity contribution in [2.24, 2.45) is 0 Å². The van der Waals surface area contributed by atoms with E-state index in [4.69, 9.17) is 0 Å². The molecule has 124 valence electrons. The molecule has 2 aromatic carbocycles. The molecule has 2 heterocycles. The topological polar surface area (TPSA) is 41.3 Å². The molecule has 1 aromatic heterocycles. The molecule has 1 aliphatic rings. The first-order valence-electron chi connectivity index (χ1n) is 7.93. The van der Waals surface area contributed by atoms with Crippen LogP contribution in [0.25, 0.3) is 5.69 Å². The maximum atomic E-state index is 10.5. The van der Waals surface area contributed by atoms with E-state index in [0.29, 0.717) is 0 Å². The molecule has 0 fully saturated rings. The smallest absolute Gasteiger partial charge is 0.217 e. The first-order valence-corrected chi connectivity index (χ1v) is 7.93. The van der Waals surface area contributed by atoms with Crippen LogP contribution in [0.5, 0.6) is 5.88 Å². The summed E-state index contributed by atoms with van der Waals surface area (Å²) in [5.41, 5.74) is 4.17. The Balaban J connectivity index is 0.00000169.